The predicted molar refractivity (Wildman–Crippen MR) is 41.8 cm³/mol. The van der Waals surface area contributed by atoms with Crippen molar-refractivity contribution in [3.8, 4) is 0 Å². The minimum Gasteiger partial charge on any atom is -0.502 e. The molecule has 5 nitrogen and oxygen atoms in total. The molecule has 0 aliphatic carbocycles. The van der Waals surface area contributed by atoms with Gasteiger partial charge in [0.2, 0.25) is 5.69 Å². The summed E-state index contributed by atoms with van der Waals surface area (Å²) < 4.78 is 0. The van der Waals surface area contributed by atoms with Crippen LogP contribution in [0.15, 0.2) is 18.2 Å². The number of hydrogen-bond donors (Lipinski definition) is 1. The Morgan fingerprint density at radius 3 is 2.75 bits per heavy atom. The van der Waals surface area contributed by atoms with Crippen LogP contribution in [-0.4, -0.2) is 4.92 Å². The Labute approximate surface area is 68.7 Å². The summed E-state index contributed by atoms with van der Waals surface area (Å²) in [5, 5.41) is 12.2. The van der Waals surface area contributed by atoms with Crippen molar-refractivity contribution in [2.75, 3.05) is 0 Å². The van der Waals surface area contributed by atoms with E-state index in [-0.39, 0.29) is 5.69 Å². The number of benzene rings is 1. The summed E-state index contributed by atoms with van der Waals surface area (Å²) in [6.07, 6.45) is 0. The van der Waals surface area contributed by atoms with Crippen molar-refractivity contribution in [1.29, 1.82) is 0 Å². The highest BCUT2D eigenvalue weighted by Gasteiger charge is 2.09. The van der Waals surface area contributed by atoms with Crippen LogP contribution in [0.3, 0.4) is 0 Å². The van der Waals surface area contributed by atoms with E-state index in [1.807, 2.05) is 5.11 Å². The Kier molecular flexibility index (Phi) is 2.14. The summed E-state index contributed by atoms with van der Waals surface area (Å²) in [6, 6.07) is 4.22. The van der Waals surface area contributed by atoms with Gasteiger partial charge < -0.3 is 5.53 Å². The van der Waals surface area contributed by atoms with Crippen LogP contribution in [0.5, 0.6) is 0 Å². The monoisotopic (exact) mass is 165 g/mol. The number of aryl methyl sites for hydroxylation is 1. The first kappa shape index (κ1) is 8.32. The van der Waals surface area contributed by atoms with Gasteiger partial charge in [0.25, 0.3) is 5.69 Å². The highest BCUT2D eigenvalue weighted by Crippen LogP contribution is 2.17. The van der Waals surface area contributed by atoms with Crippen molar-refractivity contribution in [3.63, 3.8) is 0 Å². The lowest BCUT2D eigenvalue weighted by atomic mass is 10.2. The molecule has 1 rings (SSSR count). The average molecular weight is 165 g/mol. The van der Waals surface area contributed by atoms with Gasteiger partial charge in [0.1, 0.15) is 0 Å². The van der Waals surface area contributed by atoms with Gasteiger partial charge in [0.15, 0.2) is 0 Å². The molecule has 0 atom stereocenters. The quantitative estimate of drug-likeness (QED) is 0.396. The van der Waals surface area contributed by atoms with E-state index < -0.39 is 4.92 Å². The number of rotatable bonds is 2. The molecule has 0 fully saturated rings. The molecule has 0 radical (unpaired) electrons. The molecule has 5 heteroatoms. The summed E-state index contributed by atoms with van der Waals surface area (Å²) in [6.45, 7) is 1.74. The van der Waals surface area contributed by atoms with Crippen LogP contribution in [0.25, 0.3) is 5.53 Å². The highest BCUT2D eigenvalue weighted by atomic mass is 16.6. The number of nitro groups is 1. The lowest BCUT2D eigenvalue weighted by molar-refractivity contribution is -0.392. The molecular weight excluding hydrogens is 158 g/mol. The van der Waals surface area contributed by atoms with E-state index >= 15 is 0 Å². The number of nitrogens with zero attached hydrogens (tertiary/aromatic N) is 2. The Morgan fingerprint density at radius 2 is 2.25 bits per heavy atom. The molecule has 1 aromatic rings. The molecule has 0 heterocycles. The van der Waals surface area contributed by atoms with Gasteiger partial charge in [-0.2, -0.15) is 0 Å². The summed E-state index contributed by atoms with van der Waals surface area (Å²) in [5.41, 5.74) is 9.61. The van der Waals surface area contributed by atoms with Crippen molar-refractivity contribution in [1.82, 2.24) is 0 Å². The third-order valence-electron chi connectivity index (χ3n) is 1.55. The van der Waals surface area contributed by atoms with E-state index in [1.54, 1.807) is 13.0 Å². The lowest BCUT2D eigenvalue weighted by Crippen LogP contribution is -2.54. The fraction of sp³-hybridized carbons (Fsp3) is 0.143. The molecule has 0 aliphatic heterocycles. The molecule has 0 amide bonds. The number of nitro benzene ring substituents is 1. The van der Waals surface area contributed by atoms with E-state index in [0.29, 0.717) is 5.69 Å². The lowest BCUT2D eigenvalue weighted by Gasteiger charge is -1.95. The molecule has 0 bridgehead atoms. The average Bonchev–Trinajstić information content (AvgIpc) is 2.05. The molecule has 0 unspecified atom stereocenters. The van der Waals surface area contributed by atoms with Gasteiger partial charge in [-0.25, -0.2) is 0 Å². The van der Waals surface area contributed by atoms with Gasteiger partial charge in [-0.1, -0.05) is 0 Å². The zero-order valence-electron chi connectivity index (χ0n) is 6.44. The van der Waals surface area contributed by atoms with Crippen LogP contribution in [-0.2, 0) is 0 Å². The van der Waals surface area contributed by atoms with E-state index in [1.165, 1.54) is 12.1 Å². The minimum atomic E-state index is -0.514. The zero-order chi connectivity index (χ0) is 9.14. The van der Waals surface area contributed by atoms with Gasteiger partial charge in [-0.3, -0.25) is 15.2 Å². The van der Waals surface area contributed by atoms with Crippen LogP contribution < -0.4 is 5.11 Å². The Hall–Kier alpha value is -1.78. The van der Waals surface area contributed by atoms with Crippen molar-refractivity contribution >= 4 is 11.4 Å². The van der Waals surface area contributed by atoms with Crippen LogP contribution in [0.1, 0.15) is 5.56 Å². The van der Waals surface area contributed by atoms with Crippen molar-refractivity contribution in [3.05, 3.63) is 39.4 Å². The third-order valence-corrected chi connectivity index (χ3v) is 1.55. The Bertz CT molecular complexity index is 335. The van der Waals surface area contributed by atoms with Crippen LogP contribution in [0.4, 0.5) is 11.4 Å². The number of hydrogen-bond acceptors (Lipinski definition) is 2. The van der Waals surface area contributed by atoms with Crippen LogP contribution in [0, 0.1) is 17.0 Å². The van der Waals surface area contributed by atoms with Crippen LogP contribution in [0.2, 0.25) is 0 Å². The molecular formula is C7H7N3O2. The van der Waals surface area contributed by atoms with E-state index in [2.05, 4.69) is 0 Å². The van der Waals surface area contributed by atoms with Gasteiger partial charge in [0.05, 0.1) is 11.0 Å². The van der Waals surface area contributed by atoms with Gasteiger partial charge in [-0.05, 0) is 13.0 Å². The van der Waals surface area contributed by atoms with E-state index in [0.717, 1.165) is 5.56 Å². The maximum Gasteiger partial charge on any atom is 0.276 e. The summed E-state index contributed by atoms with van der Waals surface area (Å²) in [4.78, 5) is 9.76. The van der Waals surface area contributed by atoms with Crippen LogP contribution >= 0.6 is 0 Å². The van der Waals surface area contributed by atoms with Gasteiger partial charge in [-0.15, -0.1) is 0 Å². The largest absolute Gasteiger partial charge is 0.502 e. The van der Waals surface area contributed by atoms with Crippen molar-refractivity contribution in [2.24, 2.45) is 0 Å². The topological polar surface area (TPSA) is 79.4 Å². The number of nitrogens with one attached hydrogen (secondary N) is 1. The zero-order valence-corrected chi connectivity index (χ0v) is 6.44. The normalized spacial score (nSPS) is 9.42. The smallest absolute Gasteiger partial charge is 0.276 e. The first-order valence-corrected chi connectivity index (χ1v) is 3.30. The second-order valence-corrected chi connectivity index (χ2v) is 2.37. The first-order valence-electron chi connectivity index (χ1n) is 3.30. The standard InChI is InChI=1S/C7H7N3O2/c1-5-2-3-6(10(11)12)4-7(5)9-8/h2-4,9H,1H3. The van der Waals surface area contributed by atoms with Crippen molar-refractivity contribution in [2.45, 2.75) is 6.92 Å². The maximum absolute atomic E-state index is 10.3. The van der Waals surface area contributed by atoms with Gasteiger partial charge in [0, 0.05) is 11.6 Å². The molecule has 0 saturated heterocycles. The molecule has 0 aromatic heterocycles. The molecule has 1 N–H and O–H groups in total. The second kappa shape index (κ2) is 3.08. The summed E-state index contributed by atoms with van der Waals surface area (Å²) in [5.74, 6) is 0. The summed E-state index contributed by atoms with van der Waals surface area (Å²) >= 11 is 0. The molecule has 1 aromatic carbocycles. The highest BCUT2D eigenvalue weighted by molar-refractivity contribution is 5.47. The fourth-order valence-corrected chi connectivity index (χ4v) is 0.844. The van der Waals surface area contributed by atoms with Crippen molar-refractivity contribution < 1.29 is 10.0 Å². The Balaban J connectivity index is 3.22. The fourth-order valence-electron chi connectivity index (χ4n) is 0.844. The number of non-ortho nitro benzene ring substituents is 1. The molecule has 0 saturated carbocycles. The van der Waals surface area contributed by atoms with E-state index in [4.69, 9.17) is 5.53 Å². The van der Waals surface area contributed by atoms with E-state index in [9.17, 15) is 10.1 Å². The molecule has 0 spiro atoms. The summed E-state index contributed by atoms with van der Waals surface area (Å²) in [7, 11) is 0. The maximum atomic E-state index is 10.3. The minimum absolute atomic E-state index is 0.0443. The predicted octanol–water partition coefficient (Wildman–Crippen LogP) is 0.637. The molecule has 12 heavy (non-hydrogen) atoms. The SMILES string of the molecule is Cc1ccc([N+](=O)[O-])cc1[NH+]=[N-]. The molecule has 0 aliphatic rings. The Morgan fingerprint density at radius 1 is 1.58 bits per heavy atom. The second-order valence-electron chi connectivity index (χ2n) is 2.37. The third kappa shape index (κ3) is 1.45. The molecule has 62 valence electrons. The first-order chi connectivity index (χ1) is 5.65. The van der Waals surface area contributed by atoms with Gasteiger partial charge >= 0.3 is 0 Å².